The summed E-state index contributed by atoms with van der Waals surface area (Å²) >= 11 is 0. The van der Waals surface area contributed by atoms with Crippen molar-refractivity contribution in [1.82, 2.24) is 24.8 Å². The van der Waals surface area contributed by atoms with Crippen LogP contribution in [0.5, 0.6) is 0 Å². The van der Waals surface area contributed by atoms with Crippen LogP contribution in [0, 0.1) is 11.7 Å². The van der Waals surface area contributed by atoms with Crippen LogP contribution in [0.4, 0.5) is 20.7 Å². The third-order valence-electron chi connectivity index (χ3n) is 4.88. The van der Waals surface area contributed by atoms with E-state index in [2.05, 4.69) is 25.3 Å². The highest BCUT2D eigenvalue weighted by Crippen LogP contribution is 2.27. The van der Waals surface area contributed by atoms with Crippen molar-refractivity contribution < 1.29 is 14.3 Å². The monoisotopic (exact) mass is 385 g/mol. The molecule has 3 aromatic heterocycles. The molecular weight excluding hydrogens is 365 g/mol. The Balaban J connectivity index is 1.54. The summed E-state index contributed by atoms with van der Waals surface area (Å²) in [6.07, 6.45) is 5.12. The number of anilines is 2. The van der Waals surface area contributed by atoms with Gasteiger partial charge in [0.2, 0.25) is 0 Å². The van der Waals surface area contributed by atoms with Crippen molar-refractivity contribution in [2.24, 2.45) is 5.92 Å². The number of nitrogens with two attached hydrogens (primary N) is 1. The van der Waals surface area contributed by atoms with Gasteiger partial charge in [-0.25, -0.2) is 24.1 Å². The van der Waals surface area contributed by atoms with Crippen molar-refractivity contribution in [3.05, 3.63) is 30.5 Å². The summed E-state index contributed by atoms with van der Waals surface area (Å²) in [7, 11) is 0. The number of nitrogens with one attached hydrogen (secondary N) is 2. The maximum atomic E-state index is 14.2. The van der Waals surface area contributed by atoms with E-state index in [1.54, 1.807) is 18.5 Å². The lowest BCUT2D eigenvalue weighted by atomic mass is 9.98. The highest BCUT2D eigenvalue weighted by atomic mass is 19.1. The molecular formula is C18H20FN7O2. The Kier molecular flexibility index (Phi) is 4.68. The summed E-state index contributed by atoms with van der Waals surface area (Å²) in [5.41, 5.74) is 7.63. The van der Waals surface area contributed by atoms with Crippen molar-refractivity contribution >= 4 is 28.6 Å². The number of nitrogens with zero attached hydrogens (tertiary/aromatic N) is 4. The molecule has 10 heteroatoms. The van der Waals surface area contributed by atoms with Crippen molar-refractivity contribution in [2.75, 3.05) is 30.7 Å². The number of carboxylic acid groups (broad SMARTS) is 1. The highest BCUT2D eigenvalue weighted by molar-refractivity contribution is 5.93. The molecule has 146 valence electrons. The standard InChI is InChI=1S/C18H20FN7O2/c19-14-8-24-16(13-7-23-15-12(13)4-11(20)6-22-15)25-17(14)21-5-10-2-1-3-26(9-10)18(27)28/h4,6-8,10H,1-3,5,9,20H2,(H,22,23)(H,27,28)(H,21,24,25). The molecule has 1 fully saturated rings. The minimum Gasteiger partial charge on any atom is -0.465 e. The van der Waals surface area contributed by atoms with E-state index in [4.69, 9.17) is 10.8 Å². The zero-order valence-corrected chi connectivity index (χ0v) is 15.0. The molecule has 4 rings (SSSR count). The number of piperidine rings is 1. The summed E-state index contributed by atoms with van der Waals surface area (Å²) in [4.78, 5) is 28.2. The van der Waals surface area contributed by atoms with Crippen LogP contribution in [0.2, 0.25) is 0 Å². The van der Waals surface area contributed by atoms with E-state index in [0.29, 0.717) is 42.4 Å². The number of H-pyrrole nitrogens is 1. The Hall–Kier alpha value is -3.43. The molecule has 1 unspecified atom stereocenters. The zero-order valence-electron chi connectivity index (χ0n) is 15.0. The molecule has 5 N–H and O–H groups in total. The van der Waals surface area contributed by atoms with Gasteiger partial charge in [-0.15, -0.1) is 0 Å². The van der Waals surface area contributed by atoms with Gasteiger partial charge in [0.15, 0.2) is 17.5 Å². The normalized spacial score (nSPS) is 17.0. The van der Waals surface area contributed by atoms with E-state index >= 15 is 0 Å². The molecule has 28 heavy (non-hydrogen) atoms. The van der Waals surface area contributed by atoms with Crippen molar-refractivity contribution in [3.63, 3.8) is 0 Å². The lowest BCUT2D eigenvalue weighted by molar-refractivity contribution is 0.122. The fraction of sp³-hybridized carbons (Fsp3) is 0.333. The molecule has 3 aromatic rings. The molecule has 4 heterocycles. The quantitative estimate of drug-likeness (QED) is 0.542. The predicted octanol–water partition coefficient (Wildman–Crippen LogP) is 2.54. The number of likely N-dealkylation sites (tertiary alicyclic amines) is 1. The largest absolute Gasteiger partial charge is 0.465 e. The molecule has 1 atom stereocenters. The average molecular weight is 385 g/mol. The molecule has 0 saturated carbocycles. The Morgan fingerprint density at radius 1 is 1.43 bits per heavy atom. The molecule has 0 aliphatic carbocycles. The SMILES string of the molecule is Nc1cnc2[nH]cc(-c3ncc(F)c(NCC4CCCN(C(=O)O)C4)n3)c2c1. The van der Waals surface area contributed by atoms with Gasteiger partial charge in [0.05, 0.1) is 18.1 Å². The Morgan fingerprint density at radius 2 is 2.29 bits per heavy atom. The van der Waals surface area contributed by atoms with E-state index in [1.165, 1.54) is 4.90 Å². The molecule has 0 spiro atoms. The van der Waals surface area contributed by atoms with Crippen LogP contribution in [0.1, 0.15) is 12.8 Å². The van der Waals surface area contributed by atoms with Gasteiger partial charge in [0.1, 0.15) is 5.65 Å². The van der Waals surface area contributed by atoms with Crippen molar-refractivity contribution in [2.45, 2.75) is 12.8 Å². The first-order valence-corrected chi connectivity index (χ1v) is 8.98. The second kappa shape index (κ2) is 7.29. The van der Waals surface area contributed by atoms with E-state index in [9.17, 15) is 9.18 Å². The Bertz CT molecular complexity index is 1020. The number of nitrogen functional groups attached to an aromatic ring is 1. The zero-order chi connectivity index (χ0) is 19.7. The summed E-state index contributed by atoms with van der Waals surface area (Å²) in [6.45, 7) is 1.39. The Labute approximate surface area is 159 Å². The molecule has 1 aliphatic rings. The van der Waals surface area contributed by atoms with Crippen LogP contribution in [-0.2, 0) is 0 Å². The molecule has 9 nitrogen and oxygen atoms in total. The summed E-state index contributed by atoms with van der Waals surface area (Å²) < 4.78 is 14.2. The van der Waals surface area contributed by atoms with Crippen LogP contribution in [0.3, 0.4) is 0 Å². The number of aromatic nitrogens is 4. The number of hydrogen-bond donors (Lipinski definition) is 4. The fourth-order valence-electron chi connectivity index (χ4n) is 3.47. The van der Waals surface area contributed by atoms with E-state index in [0.717, 1.165) is 24.4 Å². The van der Waals surface area contributed by atoms with Crippen LogP contribution >= 0.6 is 0 Å². The first-order chi connectivity index (χ1) is 13.5. The number of hydrogen-bond acceptors (Lipinski definition) is 6. The third kappa shape index (κ3) is 3.53. The maximum Gasteiger partial charge on any atom is 0.407 e. The van der Waals surface area contributed by atoms with Crippen LogP contribution < -0.4 is 11.1 Å². The number of rotatable bonds is 4. The average Bonchev–Trinajstić information content (AvgIpc) is 3.10. The van der Waals surface area contributed by atoms with Gasteiger partial charge in [-0.3, -0.25) is 0 Å². The van der Waals surface area contributed by atoms with Crippen LogP contribution in [0.15, 0.2) is 24.7 Å². The molecule has 1 saturated heterocycles. The van der Waals surface area contributed by atoms with Gasteiger partial charge in [0.25, 0.3) is 0 Å². The van der Waals surface area contributed by atoms with Gasteiger partial charge >= 0.3 is 6.09 Å². The lowest BCUT2D eigenvalue weighted by Gasteiger charge is -2.30. The van der Waals surface area contributed by atoms with Gasteiger partial charge in [-0.05, 0) is 24.8 Å². The summed E-state index contributed by atoms with van der Waals surface area (Å²) in [6, 6.07) is 1.76. The smallest absolute Gasteiger partial charge is 0.407 e. The van der Waals surface area contributed by atoms with E-state index in [-0.39, 0.29) is 11.7 Å². The molecule has 1 aliphatic heterocycles. The fourth-order valence-corrected chi connectivity index (χ4v) is 3.47. The van der Waals surface area contributed by atoms with Gasteiger partial charge in [-0.1, -0.05) is 0 Å². The summed E-state index contributed by atoms with van der Waals surface area (Å²) in [5, 5.41) is 12.9. The predicted molar refractivity (Wildman–Crippen MR) is 102 cm³/mol. The topological polar surface area (TPSA) is 133 Å². The highest BCUT2D eigenvalue weighted by Gasteiger charge is 2.23. The molecule has 0 radical (unpaired) electrons. The first-order valence-electron chi connectivity index (χ1n) is 8.98. The number of halogens is 1. The number of amides is 1. The third-order valence-corrected chi connectivity index (χ3v) is 4.88. The van der Waals surface area contributed by atoms with E-state index in [1.807, 2.05) is 0 Å². The van der Waals surface area contributed by atoms with Gasteiger partial charge in [0, 0.05) is 36.8 Å². The van der Waals surface area contributed by atoms with Gasteiger partial charge in [-0.2, -0.15) is 0 Å². The van der Waals surface area contributed by atoms with Crippen LogP contribution in [-0.4, -0.2) is 55.7 Å². The molecule has 1 amide bonds. The molecule has 0 aromatic carbocycles. The number of carbonyl (C=O) groups is 1. The molecule has 0 bridgehead atoms. The number of fused-ring (bicyclic) bond motifs is 1. The minimum atomic E-state index is -0.924. The second-order valence-corrected chi connectivity index (χ2v) is 6.88. The van der Waals surface area contributed by atoms with Crippen molar-refractivity contribution in [1.29, 1.82) is 0 Å². The number of pyridine rings is 1. The maximum absolute atomic E-state index is 14.2. The minimum absolute atomic E-state index is 0.0867. The Morgan fingerprint density at radius 3 is 3.11 bits per heavy atom. The second-order valence-electron chi connectivity index (χ2n) is 6.88. The lowest BCUT2D eigenvalue weighted by Crippen LogP contribution is -2.41. The summed E-state index contributed by atoms with van der Waals surface area (Å²) in [5.74, 6) is -0.0334. The van der Waals surface area contributed by atoms with Gasteiger partial charge < -0.3 is 26.0 Å². The van der Waals surface area contributed by atoms with E-state index < -0.39 is 11.9 Å². The van der Waals surface area contributed by atoms with Crippen molar-refractivity contribution in [3.8, 4) is 11.4 Å². The first kappa shape index (κ1) is 18.0. The van der Waals surface area contributed by atoms with Crippen LogP contribution in [0.25, 0.3) is 22.4 Å². The number of aromatic amines is 1.